The Balaban J connectivity index is 1.91. The summed E-state index contributed by atoms with van der Waals surface area (Å²) >= 11 is 5.23. The molecule has 0 aliphatic heterocycles. The van der Waals surface area contributed by atoms with Gasteiger partial charge in [-0.15, -0.1) is 0 Å². The van der Waals surface area contributed by atoms with E-state index in [2.05, 4.69) is 10.9 Å². The SMILES string of the molecule is CN(C(=S)NNC(=O)c1ccccc1)c1ccccc1. The van der Waals surface area contributed by atoms with Crippen molar-refractivity contribution in [3.63, 3.8) is 0 Å². The number of carbonyl (C=O) groups excluding carboxylic acids is 1. The lowest BCUT2D eigenvalue weighted by Gasteiger charge is -2.21. The van der Waals surface area contributed by atoms with Crippen LogP contribution in [-0.4, -0.2) is 18.1 Å². The van der Waals surface area contributed by atoms with Crippen LogP contribution in [-0.2, 0) is 0 Å². The van der Waals surface area contributed by atoms with E-state index >= 15 is 0 Å². The Labute approximate surface area is 123 Å². The minimum Gasteiger partial charge on any atom is -0.321 e. The second-order valence-electron chi connectivity index (χ2n) is 4.14. The maximum atomic E-state index is 11.9. The van der Waals surface area contributed by atoms with Crippen molar-refractivity contribution >= 4 is 28.9 Å². The van der Waals surface area contributed by atoms with Gasteiger partial charge in [-0.3, -0.25) is 15.6 Å². The van der Waals surface area contributed by atoms with Gasteiger partial charge in [-0.1, -0.05) is 36.4 Å². The highest BCUT2D eigenvalue weighted by Crippen LogP contribution is 2.10. The zero-order chi connectivity index (χ0) is 14.4. The van der Waals surface area contributed by atoms with Gasteiger partial charge in [0.15, 0.2) is 5.11 Å². The molecule has 2 aromatic carbocycles. The Kier molecular flexibility index (Phi) is 4.68. The van der Waals surface area contributed by atoms with Gasteiger partial charge in [0, 0.05) is 18.3 Å². The van der Waals surface area contributed by atoms with Crippen LogP contribution >= 0.6 is 12.2 Å². The van der Waals surface area contributed by atoms with Crippen LogP contribution in [0, 0.1) is 0 Å². The van der Waals surface area contributed by atoms with Gasteiger partial charge >= 0.3 is 0 Å². The maximum absolute atomic E-state index is 11.9. The Bertz CT molecular complexity index is 587. The van der Waals surface area contributed by atoms with Crippen molar-refractivity contribution < 1.29 is 4.79 Å². The molecule has 0 aliphatic rings. The molecule has 4 nitrogen and oxygen atoms in total. The molecular formula is C15H15N3OS. The number of rotatable bonds is 2. The molecule has 5 heteroatoms. The summed E-state index contributed by atoms with van der Waals surface area (Å²) in [7, 11) is 1.83. The molecule has 102 valence electrons. The highest BCUT2D eigenvalue weighted by molar-refractivity contribution is 7.80. The molecule has 0 aromatic heterocycles. The fourth-order valence-corrected chi connectivity index (χ4v) is 1.78. The Morgan fingerprint density at radius 2 is 1.50 bits per heavy atom. The lowest BCUT2D eigenvalue weighted by atomic mass is 10.2. The van der Waals surface area contributed by atoms with E-state index in [0.717, 1.165) is 5.69 Å². The number of hydrogen-bond acceptors (Lipinski definition) is 2. The van der Waals surface area contributed by atoms with E-state index in [1.165, 1.54) is 0 Å². The van der Waals surface area contributed by atoms with Gasteiger partial charge in [-0.25, -0.2) is 0 Å². The van der Waals surface area contributed by atoms with Gasteiger partial charge in [0.25, 0.3) is 5.91 Å². The van der Waals surface area contributed by atoms with Crippen LogP contribution in [0.4, 0.5) is 5.69 Å². The number of hydrazine groups is 1. The van der Waals surface area contributed by atoms with Crippen molar-refractivity contribution in [2.75, 3.05) is 11.9 Å². The molecule has 2 rings (SSSR count). The second-order valence-corrected chi connectivity index (χ2v) is 4.53. The molecule has 0 saturated carbocycles. The zero-order valence-electron chi connectivity index (χ0n) is 11.0. The molecule has 2 N–H and O–H groups in total. The third-order valence-electron chi connectivity index (χ3n) is 2.77. The quantitative estimate of drug-likeness (QED) is 0.657. The lowest BCUT2D eigenvalue weighted by Crippen LogP contribution is -2.47. The van der Waals surface area contributed by atoms with Crippen molar-refractivity contribution in [3.05, 3.63) is 66.2 Å². The molecule has 0 bridgehead atoms. The van der Waals surface area contributed by atoms with Crippen molar-refractivity contribution in [3.8, 4) is 0 Å². The van der Waals surface area contributed by atoms with Crippen LogP contribution in [0.5, 0.6) is 0 Å². The summed E-state index contributed by atoms with van der Waals surface area (Å²) in [5, 5.41) is 0.417. The first kappa shape index (κ1) is 14.0. The van der Waals surface area contributed by atoms with Crippen molar-refractivity contribution in [1.29, 1.82) is 0 Å². The Morgan fingerprint density at radius 3 is 2.10 bits per heavy atom. The van der Waals surface area contributed by atoms with Gasteiger partial charge in [0.1, 0.15) is 0 Å². The van der Waals surface area contributed by atoms with Crippen LogP contribution in [0.15, 0.2) is 60.7 Å². The number of carbonyl (C=O) groups is 1. The predicted molar refractivity (Wildman–Crippen MR) is 84.5 cm³/mol. The van der Waals surface area contributed by atoms with Crippen LogP contribution in [0.25, 0.3) is 0 Å². The molecule has 0 fully saturated rings. The van der Waals surface area contributed by atoms with E-state index in [1.807, 2.05) is 55.6 Å². The largest absolute Gasteiger partial charge is 0.321 e. The van der Waals surface area contributed by atoms with Crippen molar-refractivity contribution in [2.45, 2.75) is 0 Å². The van der Waals surface area contributed by atoms with E-state index in [1.54, 1.807) is 17.0 Å². The molecule has 1 amide bonds. The van der Waals surface area contributed by atoms with Crippen molar-refractivity contribution in [2.24, 2.45) is 0 Å². The monoisotopic (exact) mass is 285 g/mol. The van der Waals surface area contributed by atoms with E-state index in [4.69, 9.17) is 12.2 Å². The molecule has 0 unspecified atom stereocenters. The summed E-state index contributed by atoms with van der Waals surface area (Å²) in [6, 6.07) is 18.6. The van der Waals surface area contributed by atoms with Gasteiger partial charge in [0.2, 0.25) is 0 Å². The fraction of sp³-hybridized carbons (Fsp3) is 0.0667. The normalized spacial score (nSPS) is 9.65. The average Bonchev–Trinajstić information content (AvgIpc) is 2.53. The number of anilines is 1. The van der Waals surface area contributed by atoms with Crippen LogP contribution in [0.2, 0.25) is 0 Å². The molecular weight excluding hydrogens is 270 g/mol. The van der Waals surface area contributed by atoms with E-state index < -0.39 is 0 Å². The minimum atomic E-state index is -0.227. The molecule has 0 saturated heterocycles. The number of nitrogens with one attached hydrogen (secondary N) is 2. The third-order valence-corrected chi connectivity index (χ3v) is 3.14. The smallest absolute Gasteiger partial charge is 0.269 e. The summed E-state index contributed by atoms with van der Waals surface area (Å²) in [4.78, 5) is 13.6. The molecule has 0 heterocycles. The lowest BCUT2D eigenvalue weighted by molar-refractivity contribution is 0.0944. The molecule has 0 spiro atoms. The molecule has 0 atom stereocenters. The number of benzene rings is 2. The summed E-state index contributed by atoms with van der Waals surface area (Å²) in [5.74, 6) is -0.227. The first-order valence-corrected chi connectivity index (χ1v) is 6.53. The predicted octanol–water partition coefficient (Wildman–Crippen LogP) is 2.34. The van der Waals surface area contributed by atoms with Crippen LogP contribution in [0.1, 0.15) is 10.4 Å². The van der Waals surface area contributed by atoms with Gasteiger partial charge < -0.3 is 4.90 Å². The summed E-state index contributed by atoms with van der Waals surface area (Å²) < 4.78 is 0. The number of amides is 1. The number of nitrogens with zero attached hydrogens (tertiary/aromatic N) is 1. The summed E-state index contributed by atoms with van der Waals surface area (Å²) in [5.41, 5.74) is 6.83. The molecule has 20 heavy (non-hydrogen) atoms. The van der Waals surface area contributed by atoms with E-state index in [9.17, 15) is 4.79 Å². The molecule has 2 aromatic rings. The standard InChI is InChI=1S/C15H15N3OS/c1-18(13-10-6-3-7-11-13)15(20)17-16-14(19)12-8-4-2-5-9-12/h2-11H,1H3,(H,16,19)(H,17,20). The fourth-order valence-electron chi connectivity index (χ4n) is 1.62. The highest BCUT2D eigenvalue weighted by Gasteiger charge is 2.08. The molecule has 0 aliphatic carbocycles. The average molecular weight is 285 g/mol. The Hall–Kier alpha value is -2.40. The molecule has 0 radical (unpaired) electrons. The zero-order valence-corrected chi connectivity index (χ0v) is 11.9. The topological polar surface area (TPSA) is 44.4 Å². The van der Waals surface area contributed by atoms with E-state index in [0.29, 0.717) is 10.7 Å². The summed E-state index contributed by atoms with van der Waals surface area (Å²) in [6.07, 6.45) is 0. The van der Waals surface area contributed by atoms with Crippen LogP contribution in [0.3, 0.4) is 0 Å². The van der Waals surface area contributed by atoms with Gasteiger partial charge in [-0.05, 0) is 36.5 Å². The van der Waals surface area contributed by atoms with E-state index in [-0.39, 0.29) is 5.91 Å². The Morgan fingerprint density at radius 1 is 0.950 bits per heavy atom. The van der Waals surface area contributed by atoms with Gasteiger partial charge in [-0.2, -0.15) is 0 Å². The number of hydrogen-bond donors (Lipinski definition) is 2. The minimum absolute atomic E-state index is 0.227. The van der Waals surface area contributed by atoms with Crippen molar-refractivity contribution in [1.82, 2.24) is 10.9 Å². The highest BCUT2D eigenvalue weighted by atomic mass is 32.1. The number of para-hydroxylation sites is 1. The maximum Gasteiger partial charge on any atom is 0.269 e. The first-order chi connectivity index (χ1) is 9.68. The van der Waals surface area contributed by atoms with Crippen LogP contribution < -0.4 is 15.8 Å². The first-order valence-electron chi connectivity index (χ1n) is 6.12. The second kappa shape index (κ2) is 6.68. The third kappa shape index (κ3) is 3.55. The number of thiocarbonyl (C=S) groups is 1. The van der Waals surface area contributed by atoms with Gasteiger partial charge in [0.05, 0.1) is 0 Å². The summed E-state index contributed by atoms with van der Waals surface area (Å²) in [6.45, 7) is 0.